The van der Waals surface area contributed by atoms with Gasteiger partial charge in [0.25, 0.3) is 0 Å². The van der Waals surface area contributed by atoms with Crippen molar-refractivity contribution in [2.75, 3.05) is 13.7 Å². The van der Waals surface area contributed by atoms with Crippen molar-refractivity contribution in [3.63, 3.8) is 0 Å². The van der Waals surface area contributed by atoms with Gasteiger partial charge in [-0.3, -0.25) is 0 Å². The summed E-state index contributed by atoms with van der Waals surface area (Å²) in [5.41, 5.74) is 2.66. The van der Waals surface area contributed by atoms with Gasteiger partial charge >= 0.3 is 0 Å². The smallest absolute Gasteiger partial charge is 0.122 e. The zero-order valence-electron chi connectivity index (χ0n) is 15.8. The largest absolute Gasteiger partial charge is 0.496 e. The van der Waals surface area contributed by atoms with Gasteiger partial charge in [-0.25, -0.2) is 0 Å². The Morgan fingerprint density at radius 2 is 1.73 bits per heavy atom. The second kappa shape index (κ2) is 11.5. The fourth-order valence-corrected chi connectivity index (χ4v) is 2.61. The first-order valence-corrected chi connectivity index (χ1v) is 8.76. The molecule has 22 heavy (non-hydrogen) atoms. The number of unbranched alkanes of at least 4 members (excludes halogenated alkanes) is 2. The van der Waals surface area contributed by atoms with Gasteiger partial charge in [-0.05, 0) is 58.6 Å². The number of ether oxygens (including phenoxy) is 2. The molecular formula is C20H36O2. The van der Waals surface area contributed by atoms with E-state index in [1.807, 2.05) is 13.8 Å². The molecular weight excluding hydrogens is 272 g/mol. The summed E-state index contributed by atoms with van der Waals surface area (Å²) < 4.78 is 11.1. The van der Waals surface area contributed by atoms with E-state index in [0.29, 0.717) is 0 Å². The summed E-state index contributed by atoms with van der Waals surface area (Å²) in [5.74, 6) is 1.02. The van der Waals surface area contributed by atoms with Crippen molar-refractivity contribution in [2.24, 2.45) is 0 Å². The standard InChI is InChI=1S/C18H30O2.C2H6/c1-6-20-18(3,4)13-9-7-8-10-16-14-15(2)11-12-17(16)19-5;1-2/h11-12,14H,6-10,13H2,1-5H3;1-2H3. The molecule has 0 N–H and O–H groups in total. The van der Waals surface area contributed by atoms with E-state index >= 15 is 0 Å². The lowest BCUT2D eigenvalue weighted by molar-refractivity contribution is -0.0177. The molecule has 0 aromatic heterocycles. The number of benzene rings is 1. The maximum absolute atomic E-state index is 5.73. The maximum Gasteiger partial charge on any atom is 0.122 e. The van der Waals surface area contributed by atoms with Crippen LogP contribution in [0.2, 0.25) is 0 Å². The molecule has 0 bridgehead atoms. The fourth-order valence-electron chi connectivity index (χ4n) is 2.61. The number of hydrogen-bond acceptors (Lipinski definition) is 2. The Hall–Kier alpha value is -1.02. The van der Waals surface area contributed by atoms with Gasteiger partial charge in [0.1, 0.15) is 5.75 Å². The van der Waals surface area contributed by atoms with Crippen molar-refractivity contribution < 1.29 is 9.47 Å². The van der Waals surface area contributed by atoms with E-state index in [-0.39, 0.29) is 5.60 Å². The van der Waals surface area contributed by atoms with Crippen LogP contribution in [0.4, 0.5) is 0 Å². The Bertz CT molecular complexity index is 397. The van der Waals surface area contributed by atoms with Crippen molar-refractivity contribution in [3.8, 4) is 5.75 Å². The molecule has 0 radical (unpaired) electrons. The quantitative estimate of drug-likeness (QED) is 0.525. The van der Waals surface area contributed by atoms with E-state index < -0.39 is 0 Å². The molecule has 2 heteroatoms. The molecule has 128 valence electrons. The van der Waals surface area contributed by atoms with E-state index in [1.165, 1.54) is 30.4 Å². The Kier molecular flexibility index (Phi) is 11.0. The topological polar surface area (TPSA) is 18.5 Å². The number of aryl methyl sites for hydroxylation is 2. The lowest BCUT2D eigenvalue weighted by Crippen LogP contribution is -2.24. The van der Waals surface area contributed by atoms with Crippen LogP contribution in [0.25, 0.3) is 0 Å². The van der Waals surface area contributed by atoms with Crippen molar-refractivity contribution >= 4 is 0 Å². The molecule has 0 saturated heterocycles. The lowest BCUT2D eigenvalue weighted by Gasteiger charge is -2.24. The maximum atomic E-state index is 5.73. The lowest BCUT2D eigenvalue weighted by atomic mass is 9.98. The molecule has 0 aliphatic carbocycles. The van der Waals surface area contributed by atoms with Crippen molar-refractivity contribution in [1.29, 1.82) is 0 Å². The van der Waals surface area contributed by atoms with Gasteiger partial charge in [-0.2, -0.15) is 0 Å². The second-order valence-electron chi connectivity index (χ2n) is 6.07. The highest BCUT2D eigenvalue weighted by molar-refractivity contribution is 5.36. The predicted molar refractivity (Wildman–Crippen MR) is 97.0 cm³/mol. The molecule has 0 aliphatic heterocycles. The first-order chi connectivity index (χ1) is 10.5. The van der Waals surface area contributed by atoms with Crippen LogP contribution in [0.3, 0.4) is 0 Å². The van der Waals surface area contributed by atoms with Crippen LogP contribution in [0, 0.1) is 6.92 Å². The van der Waals surface area contributed by atoms with E-state index in [1.54, 1.807) is 7.11 Å². The number of methoxy groups -OCH3 is 1. The molecule has 1 aromatic carbocycles. The Morgan fingerprint density at radius 3 is 2.32 bits per heavy atom. The minimum absolute atomic E-state index is 0.0236. The van der Waals surface area contributed by atoms with Gasteiger partial charge in [0.15, 0.2) is 0 Å². The van der Waals surface area contributed by atoms with E-state index in [4.69, 9.17) is 9.47 Å². The molecule has 0 fully saturated rings. The van der Waals surface area contributed by atoms with Crippen LogP contribution in [0.1, 0.15) is 71.4 Å². The van der Waals surface area contributed by atoms with Crippen LogP contribution in [-0.4, -0.2) is 19.3 Å². The summed E-state index contributed by atoms with van der Waals surface area (Å²) >= 11 is 0. The highest BCUT2D eigenvalue weighted by atomic mass is 16.5. The average molecular weight is 309 g/mol. The van der Waals surface area contributed by atoms with Crippen LogP contribution < -0.4 is 4.74 Å². The third-order valence-electron chi connectivity index (χ3n) is 3.70. The normalized spacial score (nSPS) is 10.9. The molecule has 0 spiro atoms. The van der Waals surface area contributed by atoms with Gasteiger partial charge in [0.2, 0.25) is 0 Å². The zero-order chi connectivity index (χ0) is 17.0. The molecule has 0 atom stereocenters. The third-order valence-corrected chi connectivity index (χ3v) is 3.70. The SMILES string of the molecule is CC.CCOC(C)(C)CCCCCc1cc(C)ccc1OC. The van der Waals surface area contributed by atoms with Crippen LogP contribution in [0.5, 0.6) is 5.75 Å². The predicted octanol–water partition coefficient (Wildman–Crippen LogP) is 5.95. The molecule has 0 saturated carbocycles. The van der Waals surface area contributed by atoms with Crippen molar-refractivity contribution in [3.05, 3.63) is 29.3 Å². The molecule has 1 rings (SSSR count). The van der Waals surface area contributed by atoms with Gasteiger partial charge in [-0.1, -0.05) is 44.4 Å². The molecule has 0 amide bonds. The summed E-state index contributed by atoms with van der Waals surface area (Å²) in [6.07, 6.45) is 5.91. The first-order valence-electron chi connectivity index (χ1n) is 8.76. The van der Waals surface area contributed by atoms with Crippen LogP contribution in [-0.2, 0) is 11.2 Å². The van der Waals surface area contributed by atoms with E-state index in [9.17, 15) is 0 Å². The number of rotatable bonds is 9. The highest BCUT2D eigenvalue weighted by Gasteiger charge is 2.16. The van der Waals surface area contributed by atoms with Crippen LogP contribution >= 0.6 is 0 Å². The van der Waals surface area contributed by atoms with Gasteiger partial charge in [0.05, 0.1) is 12.7 Å². The monoisotopic (exact) mass is 308 g/mol. The summed E-state index contributed by atoms with van der Waals surface area (Å²) in [5, 5.41) is 0. The highest BCUT2D eigenvalue weighted by Crippen LogP contribution is 2.23. The second-order valence-corrected chi connectivity index (χ2v) is 6.07. The Labute approximate surface area is 138 Å². The molecule has 1 aromatic rings. The summed E-state index contributed by atoms with van der Waals surface area (Å²) in [7, 11) is 1.75. The molecule has 0 unspecified atom stereocenters. The van der Waals surface area contributed by atoms with Gasteiger partial charge in [-0.15, -0.1) is 0 Å². The summed E-state index contributed by atoms with van der Waals surface area (Å²) in [6, 6.07) is 6.42. The summed E-state index contributed by atoms with van der Waals surface area (Å²) in [4.78, 5) is 0. The van der Waals surface area contributed by atoms with Crippen LogP contribution in [0.15, 0.2) is 18.2 Å². The Morgan fingerprint density at radius 1 is 1.05 bits per heavy atom. The zero-order valence-corrected chi connectivity index (χ0v) is 15.8. The van der Waals surface area contributed by atoms with Gasteiger partial charge < -0.3 is 9.47 Å². The molecule has 2 nitrogen and oxygen atoms in total. The van der Waals surface area contributed by atoms with Crippen molar-refractivity contribution in [2.45, 2.75) is 79.2 Å². The third kappa shape index (κ3) is 8.43. The average Bonchev–Trinajstić information content (AvgIpc) is 2.49. The molecule has 0 heterocycles. The minimum atomic E-state index is 0.0236. The molecule has 0 aliphatic rings. The number of hydrogen-bond donors (Lipinski definition) is 0. The minimum Gasteiger partial charge on any atom is -0.496 e. The van der Waals surface area contributed by atoms with Crippen molar-refractivity contribution in [1.82, 2.24) is 0 Å². The fraction of sp³-hybridized carbons (Fsp3) is 0.700. The van der Waals surface area contributed by atoms with E-state index in [2.05, 4.69) is 45.9 Å². The Balaban J connectivity index is 0.00000211. The summed E-state index contributed by atoms with van der Waals surface area (Å²) in [6.45, 7) is 13.4. The first kappa shape index (κ1) is 21.0. The van der Waals surface area contributed by atoms with E-state index in [0.717, 1.165) is 25.2 Å². The van der Waals surface area contributed by atoms with Gasteiger partial charge in [0, 0.05) is 6.61 Å².